The molecular weight excluding hydrogens is 440 g/mol. The van der Waals surface area contributed by atoms with Gasteiger partial charge in [-0.15, -0.1) is 0 Å². The van der Waals surface area contributed by atoms with Gasteiger partial charge in [0.05, 0.1) is 0 Å². The average molecular weight is 479 g/mol. The molecule has 0 unspecified atom stereocenters. The van der Waals surface area contributed by atoms with E-state index in [-0.39, 0.29) is 0 Å². The standard InChI is InChI=1S/C23H38N6O5/c24-19-32-16-10-4-1-7-13-27-22(30)29(15-9-3-6-12-18-34-21-26)23(31)28-14-8-2-5-11-17-33-20-25/h1-18H2,(H,27,30)(H,28,31). The van der Waals surface area contributed by atoms with Gasteiger partial charge < -0.3 is 24.8 Å². The monoisotopic (exact) mass is 478 g/mol. The zero-order valence-electron chi connectivity index (χ0n) is 20.1. The fourth-order valence-corrected chi connectivity index (χ4v) is 3.12. The van der Waals surface area contributed by atoms with Gasteiger partial charge in [-0.25, -0.2) is 14.5 Å². The van der Waals surface area contributed by atoms with E-state index < -0.39 is 12.1 Å². The molecular formula is C23H38N6O5. The number of imide groups is 1. The van der Waals surface area contributed by atoms with Crippen molar-refractivity contribution in [2.24, 2.45) is 0 Å². The Morgan fingerprint density at radius 2 is 0.912 bits per heavy atom. The first kappa shape index (κ1) is 30.6. The molecule has 0 fully saturated rings. The molecule has 0 aliphatic rings. The van der Waals surface area contributed by atoms with Crippen LogP contribution in [-0.2, 0) is 14.2 Å². The maximum absolute atomic E-state index is 12.6. The minimum Gasteiger partial charge on any atom is -0.428 e. The van der Waals surface area contributed by atoms with E-state index in [2.05, 4.69) is 24.8 Å². The van der Waals surface area contributed by atoms with E-state index in [0.29, 0.717) is 45.9 Å². The number of amides is 4. The molecule has 2 N–H and O–H groups in total. The predicted octanol–water partition coefficient (Wildman–Crippen LogP) is 3.88. The van der Waals surface area contributed by atoms with Crippen LogP contribution >= 0.6 is 0 Å². The SMILES string of the molecule is N#COCCCCCCNC(=O)N(CCCCCCOC#N)C(=O)NCCCCCCOC#N. The van der Waals surface area contributed by atoms with Gasteiger partial charge in [0.25, 0.3) is 18.8 Å². The molecule has 34 heavy (non-hydrogen) atoms. The third-order valence-corrected chi connectivity index (χ3v) is 4.96. The molecule has 11 nitrogen and oxygen atoms in total. The van der Waals surface area contributed by atoms with Gasteiger partial charge in [-0.05, 0) is 57.8 Å². The summed E-state index contributed by atoms with van der Waals surface area (Å²) in [6.07, 6.45) is 14.7. The average Bonchev–Trinajstić information content (AvgIpc) is 2.84. The van der Waals surface area contributed by atoms with E-state index in [9.17, 15) is 9.59 Å². The second-order valence-corrected chi connectivity index (χ2v) is 7.68. The Balaban J connectivity index is 4.29. The van der Waals surface area contributed by atoms with Crippen molar-refractivity contribution in [1.29, 1.82) is 15.8 Å². The van der Waals surface area contributed by atoms with Gasteiger partial charge >= 0.3 is 12.1 Å². The fraction of sp³-hybridized carbons (Fsp3) is 0.783. The lowest BCUT2D eigenvalue weighted by Gasteiger charge is -2.22. The van der Waals surface area contributed by atoms with Gasteiger partial charge in [-0.2, -0.15) is 15.8 Å². The molecule has 11 heteroatoms. The normalized spacial score (nSPS) is 9.68. The number of urea groups is 2. The number of hydrogen-bond donors (Lipinski definition) is 2. The van der Waals surface area contributed by atoms with Gasteiger partial charge in [-0.1, -0.05) is 19.3 Å². The summed E-state index contributed by atoms with van der Waals surface area (Å²) in [6.45, 7) is 2.45. The lowest BCUT2D eigenvalue weighted by Crippen LogP contribution is -2.49. The summed E-state index contributed by atoms with van der Waals surface area (Å²) in [6, 6.07) is -0.821. The quantitative estimate of drug-likeness (QED) is 0.185. The van der Waals surface area contributed by atoms with Crippen LogP contribution in [-0.4, -0.2) is 56.4 Å². The van der Waals surface area contributed by atoms with Crippen LogP contribution < -0.4 is 10.6 Å². The number of nitrogens with one attached hydrogen (secondary N) is 2. The second kappa shape index (κ2) is 24.3. The van der Waals surface area contributed by atoms with Crippen molar-refractivity contribution in [3.63, 3.8) is 0 Å². The van der Waals surface area contributed by atoms with Crippen LogP contribution in [0.3, 0.4) is 0 Å². The molecule has 0 aromatic carbocycles. The van der Waals surface area contributed by atoms with Crippen LogP contribution in [0.4, 0.5) is 9.59 Å². The van der Waals surface area contributed by atoms with Crippen molar-refractivity contribution in [2.75, 3.05) is 39.5 Å². The van der Waals surface area contributed by atoms with Crippen LogP contribution in [0.5, 0.6) is 0 Å². The number of carbonyl (C=O) groups is 2. The molecule has 0 atom stereocenters. The van der Waals surface area contributed by atoms with Crippen molar-refractivity contribution in [3.8, 4) is 18.8 Å². The summed E-state index contributed by atoms with van der Waals surface area (Å²) < 4.78 is 13.9. The van der Waals surface area contributed by atoms with Gasteiger partial charge in [-0.3, -0.25) is 0 Å². The van der Waals surface area contributed by atoms with Crippen molar-refractivity contribution in [2.45, 2.75) is 77.0 Å². The van der Waals surface area contributed by atoms with Crippen LogP contribution in [0.25, 0.3) is 0 Å². The van der Waals surface area contributed by atoms with Crippen molar-refractivity contribution >= 4 is 12.1 Å². The molecule has 190 valence electrons. The number of carbonyl (C=O) groups excluding carboxylic acids is 2. The fourth-order valence-electron chi connectivity index (χ4n) is 3.12. The number of nitrogens with zero attached hydrogens (tertiary/aromatic N) is 4. The Kier molecular flexibility index (Phi) is 21.8. The van der Waals surface area contributed by atoms with Crippen molar-refractivity contribution in [1.82, 2.24) is 15.5 Å². The Morgan fingerprint density at radius 1 is 0.559 bits per heavy atom. The third kappa shape index (κ3) is 19.3. The molecule has 0 heterocycles. The Bertz CT molecular complexity index is 614. The summed E-state index contributed by atoms with van der Waals surface area (Å²) in [4.78, 5) is 26.4. The number of rotatable bonds is 21. The lowest BCUT2D eigenvalue weighted by atomic mass is 10.2. The van der Waals surface area contributed by atoms with Crippen molar-refractivity contribution < 1.29 is 23.8 Å². The predicted molar refractivity (Wildman–Crippen MR) is 124 cm³/mol. The second-order valence-electron chi connectivity index (χ2n) is 7.68. The summed E-state index contributed by atoms with van der Waals surface area (Å²) in [5.41, 5.74) is 0. The molecule has 0 bridgehead atoms. The van der Waals surface area contributed by atoms with E-state index in [0.717, 1.165) is 70.6 Å². The van der Waals surface area contributed by atoms with Crippen molar-refractivity contribution in [3.05, 3.63) is 0 Å². The van der Waals surface area contributed by atoms with Gasteiger partial charge in [0.2, 0.25) is 0 Å². The lowest BCUT2D eigenvalue weighted by molar-refractivity contribution is 0.184. The first-order valence-electron chi connectivity index (χ1n) is 12.0. The van der Waals surface area contributed by atoms with Crippen LogP contribution in [0, 0.1) is 34.6 Å². The third-order valence-electron chi connectivity index (χ3n) is 4.96. The van der Waals surface area contributed by atoms with E-state index in [1.807, 2.05) is 0 Å². The highest BCUT2D eigenvalue weighted by Gasteiger charge is 2.20. The van der Waals surface area contributed by atoms with Crippen LogP contribution in [0.15, 0.2) is 0 Å². The Morgan fingerprint density at radius 3 is 1.29 bits per heavy atom. The first-order chi connectivity index (χ1) is 16.7. The molecule has 0 spiro atoms. The molecule has 0 aromatic heterocycles. The van der Waals surface area contributed by atoms with Gasteiger partial charge in [0.1, 0.15) is 19.8 Å². The van der Waals surface area contributed by atoms with Crippen LogP contribution in [0.2, 0.25) is 0 Å². The zero-order valence-corrected chi connectivity index (χ0v) is 20.1. The van der Waals surface area contributed by atoms with E-state index in [1.54, 1.807) is 18.8 Å². The molecule has 0 aromatic rings. The minimum atomic E-state index is -0.410. The summed E-state index contributed by atoms with van der Waals surface area (Å²) in [7, 11) is 0. The number of ether oxygens (including phenoxy) is 3. The highest BCUT2D eigenvalue weighted by Crippen LogP contribution is 2.05. The van der Waals surface area contributed by atoms with E-state index >= 15 is 0 Å². The molecule has 0 aliphatic heterocycles. The maximum atomic E-state index is 12.6. The van der Waals surface area contributed by atoms with Gasteiger partial charge in [0, 0.05) is 19.6 Å². The molecule has 0 saturated heterocycles. The number of nitriles is 3. The number of unbranched alkanes of at least 4 members (excludes halogenated alkanes) is 9. The molecule has 0 rings (SSSR count). The smallest absolute Gasteiger partial charge is 0.325 e. The summed E-state index contributed by atoms with van der Waals surface area (Å²) in [5, 5.41) is 30.6. The highest BCUT2D eigenvalue weighted by molar-refractivity contribution is 5.93. The molecule has 0 radical (unpaired) electrons. The molecule has 0 saturated carbocycles. The minimum absolute atomic E-state index is 0.313. The summed E-state index contributed by atoms with van der Waals surface area (Å²) >= 11 is 0. The Hall–Kier alpha value is -3.39. The zero-order chi connectivity index (χ0) is 25.1. The van der Waals surface area contributed by atoms with E-state index in [1.165, 1.54) is 4.90 Å². The summed E-state index contributed by atoms with van der Waals surface area (Å²) in [5.74, 6) is 0. The largest absolute Gasteiger partial charge is 0.428 e. The number of hydrogen-bond acceptors (Lipinski definition) is 8. The molecule has 4 amide bonds. The van der Waals surface area contributed by atoms with Crippen LogP contribution in [0.1, 0.15) is 77.0 Å². The topological polar surface area (TPSA) is 160 Å². The van der Waals surface area contributed by atoms with Gasteiger partial charge in [0.15, 0.2) is 0 Å². The Labute approximate surface area is 202 Å². The highest BCUT2D eigenvalue weighted by atomic mass is 16.5. The molecule has 0 aliphatic carbocycles. The maximum Gasteiger partial charge on any atom is 0.325 e. The first-order valence-corrected chi connectivity index (χ1v) is 12.0. The van der Waals surface area contributed by atoms with E-state index in [4.69, 9.17) is 15.8 Å².